The second-order valence-corrected chi connectivity index (χ2v) is 3.45. The van der Waals surface area contributed by atoms with E-state index in [4.69, 9.17) is 10.2 Å². The van der Waals surface area contributed by atoms with Gasteiger partial charge in [0.05, 0.1) is 12.7 Å². The number of aliphatic hydroxyl groups excluding tert-OH is 2. The summed E-state index contributed by atoms with van der Waals surface area (Å²) in [5.41, 5.74) is 2.08. The molecule has 0 aromatic heterocycles. The Labute approximate surface area is 84.4 Å². The molecule has 78 valence electrons. The summed E-state index contributed by atoms with van der Waals surface area (Å²) in [6, 6.07) is 7.75. The van der Waals surface area contributed by atoms with Crippen molar-refractivity contribution in [2.24, 2.45) is 0 Å². The van der Waals surface area contributed by atoms with E-state index in [1.54, 1.807) is 6.92 Å². The highest BCUT2D eigenvalue weighted by Gasteiger charge is 1.96. The van der Waals surface area contributed by atoms with Crippen LogP contribution in [0.3, 0.4) is 0 Å². The molecule has 14 heavy (non-hydrogen) atoms. The van der Waals surface area contributed by atoms with Crippen LogP contribution in [0.5, 0.6) is 0 Å². The first-order chi connectivity index (χ1) is 6.72. The highest BCUT2D eigenvalue weighted by atomic mass is 16.3. The molecule has 1 aromatic carbocycles. The van der Waals surface area contributed by atoms with Gasteiger partial charge >= 0.3 is 0 Å². The largest absolute Gasteiger partial charge is 0.392 e. The van der Waals surface area contributed by atoms with E-state index in [2.05, 4.69) is 5.32 Å². The van der Waals surface area contributed by atoms with Gasteiger partial charge in [-0.3, -0.25) is 0 Å². The molecule has 0 aliphatic carbocycles. The van der Waals surface area contributed by atoms with Crippen molar-refractivity contribution in [3.63, 3.8) is 0 Å². The summed E-state index contributed by atoms with van der Waals surface area (Å²) in [6.07, 6.45) is -0.313. The quantitative estimate of drug-likeness (QED) is 0.646. The molecule has 0 aliphatic heterocycles. The van der Waals surface area contributed by atoms with E-state index in [0.29, 0.717) is 6.54 Å². The fraction of sp³-hybridized carbons (Fsp3) is 0.455. The zero-order valence-electron chi connectivity index (χ0n) is 8.40. The molecule has 0 amide bonds. The van der Waals surface area contributed by atoms with Crippen molar-refractivity contribution in [2.45, 2.75) is 26.2 Å². The van der Waals surface area contributed by atoms with E-state index < -0.39 is 0 Å². The van der Waals surface area contributed by atoms with E-state index in [1.165, 1.54) is 0 Å². The second kappa shape index (κ2) is 5.75. The zero-order valence-corrected chi connectivity index (χ0v) is 8.40. The average Bonchev–Trinajstić information content (AvgIpc) is 2.18. The Morgan fingerprint density at radius 3 is 2.29 bits per heavy atom. The summed E-state index contributed by atoms with van der Waals surface area (Å²) in [5, 5.41) is 21.0. The van der Waals surface area contributed by atoms with Crippen molar-refractivity contribution in [1.82, 2.24) is 5.32 Å². The Morgan fingerprint density at radius 2 is 1.79 bits per heavy atom. The monoisotopic (exact) mass is 195 g/mol. The minimum atomic E-state index is -0.313. The van der Waals surface area contributed by atoms with Crippen molar-refractivity contribution in [3.8, 4) is 0 Å². The molecule has 0 spiro atoms. The van der Waals surface area contributed by atoms with Gasteiger partial charge in [-0.25, -0.2) is 0 Å². The lowest BCUT2D eigenvalue weighted by molar-refractivity contribution is 0.191. The lowest BCUT2D eigenvalue weighted by Crippen LogP contribution is -2.23. The lowest BCUT2D eigenvalue weighted by atomic mass is 10.1. The van der Waals surface area contributed by atoms with Gasteiger partial charge in [0.1, 0.15) is 0 Å². The Bertz CT molecular complexity index is 256. The molecule has 1 aromatic rings. The molecule has 0 saturated heterocycles. The summed E-state index contributed by atoms with van der Waals surface area (Å²) in [5.74, 6) is 0. The number of rotatable bonds is 5. The van der Waals surface area contributed by atoms with Gasteiger partial charge in [-0.1, -0.05) is 24.3 Å². The smallest absolute Gasteiger partial charge is 0.0681 e. The van der Waals surface area contributed by atoms with Gasteiger partial charge in [0.25, 0.3) is 0 Å². The number of benzene rings is 1. The Balaban J connectivity index is 2.36. The van der Waals surface area contributed by atoms with Gasteiger partial charge in [0, 0.05) is 13.1 Å². The van der Waals surface area contributed by atoms with Gasteiger partial charge in [-0.05, 0) is 18.1 Å². The van der Waals surface area contributed by atoms with Crippen molar-refractivity contribution in [2.75, 3.05) is 6.54 Å². The molecule has 3 nitrogen and oxygen atoms in total. The van der Waals surface area contributed by atoms with E-state index >= 15 is 0 Å². The fourth-order valence-corrected chi connectivity index (χ4v) is 1.19. The summed E-state index contributed by atoms with van der Waals surface area (Å²) in [7, 11) is 0. The molecule has 0 heterocycles. The Kier molecular flexibility index (Phi) is 4.59. The molecular formula is C11H17NO2. The van der Waals surface area contributed by atoms with Crippen molar-refractivity contribution in [1.29, 1.82) is 0 Å². The van der Waals surface area contributed by atoms with Gasteiger partial charge in [-0.15, -0.1) is 0 Å². The fourth-order valence-electron chi connectivity index (χ4n) is 1.19. The summed E-state index contributed by atoms with van der Waals surface area (Å²) >= 11 is 0. The molecule has 0 unspecified atom stereocenters. The van der Waals surface area contributed by atoms with Crippen LogP contribution < -0.4 is 5.32 Å². The molecule has 1 rings (SSSR count). The van der Waals surface area contributed by atoms with Crippen LogP contribution in [0.4, 0.5) is 0 Å². The molecule has 1 atom stereocenters. The first kappa shape index (κ1) is 11.2. The van der Waals surface area contributed by atoms with Gasteiger partial charge in [-0.2, -0.15) is 0 Å². The first-order valence-corrected chi connectivity index (χ1v) is 4.80. The zero-order chi connectivity index (χ0) is 10.4. The Morgan fingerprint density at radius 1 is 1.21 bits per heavy atom. The summed E-state index contributed by atoms with van der Waals surface area (Å²) in [6.45, 7) is 3.18. The SMILES string of the molecule is C[C@@H](O)CNCc1ccc(CO)cc1. The molecule has 0 aliphatic rings. The van der Waals surface area contributed by atoms with Gasteiger partial charge < -0.3 is 15.5 Å². The third-order valence-corrected chi connectivity index (χ3v) is 1.97. The van der Waals surface area contributed by atoms with Gasteiger partial charge in [0.15, 0.2) is 0 Å². The third kappa shape index (κ3) is 3.87. The molecule has 3 N–H and O–H groups in total. The number of nitrogens with one attached hydrogen (secondary N) is 1. The van der Waals surface area contributed by atoms with Gasteiger partial charge in [0.2, 0.25) is 0 Å². The standard InChI is InChI=1S/C11H17NO2/c1-9(14)6-12-7-10-2-4-11(8-13)5-3-10/h2-5,9,12-14H,6-8H2,1H3/t9-/m1/s1. The van der Waals surface area contributed by atoms with Crippen LogP contribution in [-0.4, -0.2) is 22.9 Å². The van der Waals surface area contributed by atoms with Crippen LogP contribution in [0, 0.1) is 0 Å². The van der Waals surface area contributed by atoms with E-state index in [0.717, 1.165) is 17.7 Å². The molecule has 0 saturated carbocycles. The summed E-state index contributed by atoms with van der Waals surface area (Å²) in [4.78, 5) is 0. The summed E-state index contributed by atoms with van der Waals surface area (Å²) < 4.78 is 0. The second-order valence-electron chi connectivity index (χ2n) is 3.45. The number of hydrogen-bond donors (Lipinski definition) is 3. The molecule has 0 fully saturated rings. The van der Waals surface area contributed by atoms with Crippen LogP contribution in [-0.2, 0) is 13.2 Å². The maximum Gasteiger partial charge on any atom is 0.0681 e. The maximum absolute atomic E-state index is 9.02. The minimum Gasteiger partial charge on any atom is -0.392 e. The third-order valence-electron chi connectivity index (χ3n) is 1.97. The van der Waals surface area contributed by atoms with E-state index in [9.17, 15) is 0 Å². The molecule has 0 radical (unpaired) electrons. The lowest BCUT2D eigenvalue weighted by Gasteiger charge is -2.07. The topological polar surface area (TPSA) is 52.5 Å². The highest BCUT2D eigenvalue weighted by molar-refractivity contribution is 5.21. The Hall–Kier alpha value is -0.900. The highest BCUT2D eigenvalue weighted by Crippen LogP contribution is 2.03. The van der Waals surface area contributed by atoms with Crippen molar-refractivity contribution < 1.29 is 10.2 Å². The first-order valence-electron chi connectivity index (χ1n) is 4.80. The van der Waals surface area contributed by atoms with Crippen LogP contribution >= 0.6 is 0 Å². The van der Waals surface area contributed by atoms with Crippen LogP contribution in [0.2, 0.25) is 0 Å². The van der Waals surface area contributed by atoms with E-state index in [-0.39, 0.29) is 12.7 Å². The van der Waals surface area contributed by atoms with Crippen LogP contribution in [0.15, 0.2) is 24.3 Å². The predicted octanol–water partition coefficient (Wildman–Crippen LogP) is 0.649. The minimum absolute atomic E-state index is 0.0847. The van der Waals surface area contributed by atoms with Crippen molar-refractivity contribution in [3.05, 3.63) is 35.4 Å². The number of aliphatic hydroxyl groups is 2. The molecule has 3 heteroatoms. The maximum atomic E-state index is 9.02. The average molecular weight is 195 g/mol. The van der Waals surface area contributed by atoms with Crippen LogP contribution in [0.25, 0.3) is 0 Å². The van der Waals surface area contributed by atoms with Crippen LogP contribution in [0.1, 0.15) is 18.1 Å². The predicted molar refractivity (Wildman–Crippen MR) is 55.8 cm³/mol. The van der Waals surface area contributed by atoms with Crippen molar-refractivity contribution >= 4 is 0 Å². The molecule has 0 bridgehead atoms. The number of hydrogen-bond acceptors (Lipinski definition) is 3. The molecular weight excluding hydrogens is 178 g/mol. The van der Waals surface area contributed by atoms with E-state index in [1.807, 2.05) is 24.3 Å². The normalized spacial score (nSPS) is 12.8.